The van der Waals surface area contributed by atoms with Crippen LogP contribution in [0.25, 0.3) is 5.65 Å². The van der Waals surface area contributed by atoms with Gasteiger partial charge in [-0.3, -0.25) is 4.79 Å². The monoisotopic (exact) mass is 364 g/mol. The third kappa shape index (κ3) is 2.59. The number of carbonyl (C=O) groups is 1. The predicted molar refractivity (Wildman–Crippen MR) is 99.1 cm³/mol. The molecule has 138 valence electrons. The summed E-state index contributed by atoms with van der Waals surface area (Å²) in [4.78, 5) is 24.2. The highest BCUT2D eigenvalue weighted by Crippen LogP contribution is 2.38. The van der Waals surface area contributed by atoms with Crippen molar-refractivity contribution in [2.24, 2.45) is 0 Å². The number of nitrogens with zero attached hydrogens (tertiary/aromatic N) is 5. The van der Waals surface area contributed by atoms with Crippen LogP contribution in [0.4, 0.5) is 5.82 Å². The number of rotatable bonds is 0. The first-order valence-corrected chi connectivity index (χ1v) is 9.21. The number of hydrogen-bond acceptors (Lipinski definition) is 6. The molecule has 3 aromatic rings. The smallest absolute Gasteiger partial charge is 0.257 e. The minimum absolute atomic E-state index is 0.153. The zero-order valence-electron chi connectivity index (χ0n) is 15.1. The van der Waals surface area contributed by atoms with Crippen LogP contribution in [0.5, 0.6) is 5.88 Å². The summed E-state index contributed by atoms with van der Waals surface area (Å²) in [5.74, 6) is 1.28. The van der Waals surface area contributed by atoms with Crippen LogP contribution >= 0.6 is 0 Å². The van der Waals surface area contributed by atoms with E-state index in [0.717, 1.165) is 30.8 Å². The van der Waals surface area contributed by atoms with Crippen LogP contribution in [0.15, 0.2) is 30.6 Å². The number of ether oxygens (including phenoxy) is 1. The summed E-state index contributed by atoms with van der Waals surface area (Å²) in [6, 6.07) is 6.11. The van der Waals surface area contributed by atoms with Crippen molar-refractivity contribution in [1.29, 1.82) is 0 Å². The largest absolute Gasteiger partial charge is 0.476 e. The highest BCUT2D eigenvalue weighted by molar-refractivity contribution is 6.01. The van der Waals surface area contributed by atoms with Crippen molar-refractivity contribution >= 4 is 17.4 Å². The molecule has 5 rings (SSSR count). The fraction of sp³-hybridized carbons (Fsp3) is 0.368. The lowest BCUT2D eigenvalue weighted by atomic mass is 10.1. The summed E-state index contributed by atoms with van der Waals surface area (Å²) < 4.78 is 7.58. The molecule has 8 nitrogen and oxygen atoms in total. The van der Waals surface area contributed by atoms with E-state index in [2.05, 4.69) is 26.4 Å². The molecule has 0 saturated carbocycles. The molecule has 1 fully saturated rings. The maximum atomic E-state index is 12.7. The maximum Gasteiger partial charge on any atom is 0.257 e. The molecule has 0 spiro atoms. The van der Waals surface area contributed by atoms with Gasteiger partial charge in [0.15, 0.2) is 5.65 Å². The molecule has 1 atom stereocenters. The number of anilines is 1. The van der Waals surface area contributed by atoms with Crippen molar-refractivity contribution in [3.05, 3.63) is 47.4 Å². The summed E-state index contributed by atoms with van der Waals surface area (Å²) in [7, 11) is 0. The Hall–Kier alpha value is -3.16. The van der Waals surface area contributed by atoms with Crippen LogP contribution in [0.2, 0.25) is 0 Å². The normalized spacial score (nSPS) is 19.5. The molecule has 3 aromatic heterocycles. The first-order chi connectivity index (χ1) is 13.2. The second kappa shape index (κ2) is 6.22. The highest BCUT2D eigenvalue weighted by atomic mass is 16.5. The molecule has 2 bridgehead atoms. The minimum atomic E-state index is -0.186. The van der Waals surface area contributed by atoms with E-state index in [0.29, 0.717) is 35.9 Å². The van der Waals surface area contributed by atoms with E-state index in [1.807, 2.05) is 25.3 Å². The van der Waals surface area contributed by atoms with Gasteiger partial charge in [0.05, 0.1) is 18.3 Å². The number of pyridine rings is 1. The van der Waals surface area contributed by atoms with Crippen molar-refractivity contribution in [3.63, 3.8) is 0 Å². The Kier molecular flexibility index (Phi) is 3.70. The molecular formula is C19H20N6O2. The second-order valence-corrected chi connectivity index (χ2v) is 6.87. The minimum Gasteiger partial charge on any atom is -0.476 e. The summed E-state index contributed by atoms with van der Waals surface area (Å²) in [6.07, 6.45) is 5.69. The molecule has 0 unspecified atom stereocenters. The lowest BCUT2D eigenvalue weighted by molar-refractivity contribution is 0.0947. The SMILES string of the molecule is Cc1nn2ccc3nc2c1C(=O)NCCOc1ncccc1[C@H]1CCCN31. The fourth-order valence-corrected chi connectivity index (χ4v) is 4.00. The van der Waals surface area contributed by atoms with Crippen molar-refractivity contribution in [1.82, 2.24) is 24.9 Å². The van der Waals surface area contributed by atoms with Gasteiger partial charge in [0.1, 0.15) is 18.0 Å². The summed E-state index contributed by atoms with van der Waals surface area (Å²) in [5.41, 5.74) is 2.82. The van der Waals surface area contributed by atoms with Gasteiger partial charge in [-0.05, 0) is 31.9 Å². The molecule has 0 aliphatic carbocycles. The van der Waals surface area contributed by atoms with Gasteiger partial charge in [-0.15, -0.1) is 0 Å². The zero-order chi connectivity index (χ0) is 18.4. The molecule has 1 amide bonds. The Morgan fingerprint density at radius 2 is 2.26 bits per heavy atom. The lowest BCUT2D eigenvalue weighted by Gasteiger charge is -2.27. The summed E-state index contributed by atoms with van der Waals surface area (Å²) in [5, 5.41) is 7.33. The number of amides is 1. The fourth-order valence-electron chi connectivity index (χ4n) is 4.00. The number of fused-ring (bicyclic) bond motifs is 5. The van der Waals surface area contributed by atoms with Crippen molar-refractivity contribution in [3.8, 4) is 5.88 Å². The van der Waals surface area contributed by atoms with Crippen LogP contribution in [0.3, 0.4) is 0 Å². The highest BCUT2D eigenvalue weighted by Gasteiger charge is 2.31. The van der Waals surface area contributed by atoms with Crippen molar-refractivity contribution in [2.75, 3.05) is 24.6 Å². The molecule has 5 heterocycles. The van der Waals surface area contributed by atoms with E-state index in [-0.39, 0.29) is 11.9 Å². The van der Waals surface area contributed by atoms with Gasteiger partial charge in [-0.25, -0.2) is 14.5 Å². The van der Waals surface area contributed by atoms with Crippen LogP contribution in [-0.2, 0) is 0 Å². The average Bonchev–Trinajstić information content (AvgIpc) is 3.28. The average molecular weight is 364 g/mol. The molecule has 1 saturated heterocycles. The van der Waals surface area contributed by atoms with Gasteiger partial charge in [0, 0.05) is 24.5 Å². The number of aryl methyl sites for hydroxylation is 1. The Bertz CT molecular complexity index is 1030. The molecule has 0 radical (unpaired) electrons. The second-order valence-electron chi connectivity index (χ2n) is 6.87. The lowest BCUT2D eigenvalue weighted by Crippen LogP contribution is -2.28. The molecule has 2 aliphatic rings. The van der Waals surface area contributed by atoms with Gasteiger partial charge in [0.2, 0.25) is 5.88 Å². The Labute approximate surface area is 156 Å². The standard InChI is InChI=1S/C19H20N6O2/c1-12-16-17-22-15(6-10-25(17)23-12)24-9-3-5-14(24)13-4-2-7-21-19(13)27-11-8-20-18(16)26/h2,4,6-7,10,14H,3,5,8-9,11H2,1H3,(H,20,26)/t14-/m1/s1. The van der Waals surface area contributed by atoms with Crippen LogP contribution in [-0.4, -0.2) is 45.2 Å². The predicted octanol–water partition coefficient (Wildman–Crippen LogP) is 1.90. The van der Waals surface area contributed by atoms with Gasteiger partial charge in [-0.1, -0.05) is 6.07 Å². The van der Waals surface area contributed by atoms with Crippen LogP contribution < -0.4 is 15.0 Å². The molecule has 1 N–H and O–H groups in total. The third-order valence-corrected chi connectivity index (χ3v) is 5.21. The third-order valence-electron chi connectivity index (χ3n) is 5.21. The number of hydrogen-bond donors (Lipinski definition) is 1. The van der Waals surface area contributed by atoms with Gasteiger partial charge >= 0.3 is 0 Å². The summed E-state index contributed by atoms with van der Waals surface area (Å²) >= 11 is 0. The van der Waals surface area contributed by atoms with Gasteiger partial charge < -0.3 is 15.0 Å². The molecular weight excluding hydrogens is 344 g/mol. The van der Waals surface area contributed by atoms with Crippen LogP contribution in [0, 0.1) is 6.92 Å². The van der Waals surface area contributed by atoms with E-state index in [1.165, 1.54) is 0 Å². The Morgan fingerprint density at radius 1 is 1.33 bits per heavy atom. The quantitative estimate of drug-likeness (QED) is 0.656. The summed E-state index contributed by atoms with van der Waals surface area (Å²) in [6.45, 7) is 3.48. The van der Waals surface area contributed by atoms with Gasteiger partial charge in [0.25, 0.3) is 5.91 Å². The molecule has 0 aromatic carbocycles. The van der Waals surface area contributed by atoms with E-state index < -0.39 is 0 Å². The maximum absolute atomic E-state index is 12.7. The van der Waals surface area contributed by atoms with E-state index in [1.54, 1.807) is 10.7 Å². The number of nitrogens with one attached hydrogen (secondary N) is 1. The molecule has 8 heteroatoms. The van der Waals surface area contributed by atoms with E-state index in [9.17, 15) is 4.79 Å². The van der Waals surface area contributed by atoms with Crippen molar-refractivity contribution in [2.45, 2.75) is 25.8 Å². The van der Waals surface area contributed by atoms with Crippen LogP contribution in [0.1, 0.15) is 40.5 Å². The Morgan fingerprint density at radius 3 is 3.19 bits per heavy atom. The number of carbonyl (C=O) groups excluding carboxylic acids is 1. The first kappa shape index (κ1) is 16.0. The van der Waals surface area contributed by atoms with Gasteiger partial charge in [-0.2, -0.15) is 5.10 Å². The van der Waals surface area contributed by atoms with E-state index >= 15 is 0 Å². The first-order valence-electron chi connectivity index (χ1n) is 9.21. The molecule has 27 heavy (non-hydrogen) atoms. The Balaban J connectivity index is 1.69. The van der Waals surface area contributed by atoms with E-state index in [4.69, 9.17) is 9.72 Å². The number of aromatic nitrogens is 4. The van der Waals surface area contributed by atoms with Crippen molar-refractivity contribution < 1.29 is 9.53 Å². The molecule has 2 aliphatic heterocycles. The topological polar surface area (TPSA) is 84.7 Å². The zero-order valence-corrected chi connectivity index (χ0v) is 15.1.